The second-order valence-corrected chi connectivity index (χ2v) is 5.17. The van der Waals surface area contributed by atoms with Crippen molar-refractivity contribution in [2.75, 3.05) is 12.3 Å². The van der Waals surface area contributed by atoms with Gasteiger partial charge in [0, 0.05) is 17.3 Å². The van der Waals surface area contributed by atoms with Gasteiger partial charge in [0.1, 0.15) is 5.82 Å². The van der Waals surface area contributed by atoms with Gasteiger partial charge in [-0.25, -0.2) is 4.39 Å². The van der Waals surface area contributed by atoms with Crippen molar-refractivity contribution < 1.29 is 4.39 Å². The average molecular weight is 234 g/mol. The third kappa shape index (κ3) is 1.82. The molecule has 0 unspecified atom stereocenters. The fourth-order valence-electron chi connectivity index (χ4n) is 3.27. The lowest BCUT2D eigenvalue weighted by molar-refractivity contribution is 0.543. The third-order valence-corrected chi connectivity index (χ3v) is 4.09. The molecule has 0 spiro atoms. The van der Waals surface area contributed by atoms with Crippen molar-refractivity contribution in [1.29, 1.82) is 0 Å². The maximum atomic E-state index is 14.2. The van der Waals surface area contributed by atoms with Crippen LogP contribution < -0.4 is 11.1 Å². The molecule has 3 N–H and O–H groups in total. The molecule has 3 rings (SSSR count). The van der Waals surface area contributed by atoms with Crippen LogP contribution in [0, 0.1) is 5.82 Å². The molecule has 2 aliphatic rings. The quantitative estimate of drug-likeness (QED) is 0.733. The number of rotatable bonds is 1. The summed E-state index contributed by atoms with van der Waals surface area (Å²) in [4.78, 5) is 0. The zero-order chi connectivity index (χ0) is 11.8. The molecule has 1 saturated heterocycles. The predicted molar refractivity (Wildman–Crippen MR) is 67.4 cm³/mol. The molecule has 1 atom stereocenters. The molecule has 1 aromatic carbocycles. The van der Waals surface area contributed by atoms with Gasteiger partial charge in [-0.2, -0.15) is 0 Å². The SMILES string of the molecule is Nc1cc(F)c([C@H]2CCCN2)c2c1CCCC2. The lowest BCUT2D eigenvalue weighted by atomic mass is 9.84. The Morgan fingerprint density at radius 1 is 1.18 bits per heavy atom. The standard InChI is InChI=1S/C14H19FN2/c15-11-8-12(16)9-4-1-2-5-10(9)14(11)13-6-3-7-17-13/h8,13,17H,1-7,16H2/t13-/m1/s1. The molecule has 0 bridgehead atoms. The molecular formula is C14H19FN2. The van der Waals surface area contributed by atoms with E-state index in [1.54, 1.807) is 0 Å². The van der Waals surface area contributed by atoms with Gasteiger partial charge in [-0.05, 0) is 62.3 Å². The monoisotopic (exact) mass is 234 g/mol. The highest BCUT2D eigenvalue weighted by molar-refractivity contribution is 5.56. The second kappa shape index (κ2) is 4.30. The van der Waals surface area contributed by atoms with Crippen LogP contribution in [-0.4, -0.2) is 6.54 Å². The van der Waals surface area contributed by atoms with Crippen LogP contribution in [-0.2, 0) is 12.8 Å². The summed E-state index contributed by atoms with van der Waals surface area (Å²) in [5.74, 6) is -0.109. The van der Waals surface area contributed by atoms with Gasteiger partial charge in [-0.1, -0.05) is 0 Å². The van der Waals surface area contributed by atoms with Gasteiger partial charge in [0.05, 0.1) is 0 Å². The topological polar surface area (TPSA) is 38.0 Å². The summed E-state index contributed by atoms with van der Waals surface area (Å²) in [5, 5.41) is 3.40. The van der Waals surface area contributed by atoms with Gasteiger partial charge in [0.25, 0.3) is 0 Å². The van der Waals surface area contributed by atoms with Crippen molar-refractivity contribution in [2.24, 2.45) is 0 Å². The fourth-order valence-corrected chi connectivity index (χ4v) is 3.27. The first-order chi connectivity index (χ1) is 8.27. The molecule has 1 aliphatic carbocycles. The number of benzene rings is 1. The van der Waals surface area contributed by atoms with E-state index in [1.165, 1.54) is 23.6 Å². The van der Waals surface area contributed by atoms with Crippen molar-refractivity contribution in [1.82, 2.24) is 5.32 Å². The van der Waals surface area contributed by atoms with Gasteiger partial charge < -0.3 is 11.1 Å². The van der Waals surface area contributed by atoms with E-state index in [0.717, 1.165) is 44.2 Å². The molecule has 0 radical (unpaired) electrons. The predicted octanol–water partition coefficient (Wildman–Crippen LogP) is 2.71. The van der Waals surface area contributed by atoms with Crippen LogP contribution in [0.4, 0.5) is 10.1 Å². The van der Waals surface area contributed by atoms with E-state index in [9.17, 15) is 4.39 Å². The van der Waals surface area contributed by atoms with Crippen molar-refractivity contribution in [3.05, 3.63) is 28.6 Å². The minimum atomic E-state index is -0.109. The molecule has 1 aromatic rings. The number of nitrogen functional groups attached to an aromatic ring is 1. The van der Waals surface area contributed by atoms with E-state index in [4.69, 9.17) is 5.73 Å². The molecule has 0 amide bonds. The van der Waals surface area contributed by atoms with Gasteiger partial charge in [0.15, 0.2) is 0 Å². The highest BCUT2D eigenvalue weighted by atomic mass is 19.1. The van der Waals surface area contributed by atoms with Crippen molar-refractivity contribution >= 4 is 5.69 Å². The summed E-state index contributed by atoms with van der Waals surface area (Å²) < 4.78 is 14.2. The first kappa shape index (κ1) is 11.0. The van der Waals surface area contributed by atoms with Gasteiger partial charge in [-0.15, -0.1) is 0 Å². The summed E-state index contributed by atoms with van der Waals surface area (Å²) in [6, 6.07) is 1.74. The molecule has 2 nitrogen and oxygen atoms in total. The molecule has 1 aliphatic heterocycles. The van der Waals surface area contributed by atoms with E-state index < -0.39 is 0 Å². The van der Waals surface area contributed by atoms with Crippen molar-refractivity contribution in [3.63, 3.8) is 0 Å². The Labute approximate surface area is 101 Å². The molecule has 3 heteroatoms. The molecule has 17 heavy (non-hydrogen) atoms. The van der Waals surface area contributed by atoms with Crippen LogP contribution in [0.15, 0.2) is 6.07 Å². The average Bonchev–Trinajstić information content (AvgIpc) is 2.83. The molecule has 1 heterocycles. The maximum Gasteiger partial charge on any atom is 0.130 e. The Kier molecular flexibility index (Phi) is 2.79. The molecule has 92 valence electrons. The smallest absolute Gasteiger partial charge is 0.130 e. The lowest BCUT2D eigenvalue weighted by Crippen LogP contribution is -2.20. The highest BCUT2D eigenvalue weighted by Crippen LogP contribution is 2.36. The Bertz CT molecular complexity index is 436. The van der Waals surface area contributed by atoms with Crippen LogP contribution in [0.1, 0.15) is 48.4 Å². The van der Waals surface area contributed by atoms with Crippen LogP contribution in [0.5, 0.6) is 0 Å². The van der Waals surface area contributed by atoms with Crippen molar-refractivity contribution in [3.8, 4) is 0 Å². The van der Waals surface area contributed by atoms with Gasteiger partial charge >= 0.3 is 0 Å². The number of nitrogens with two attached hydrogens (primary N) is 1. The first-order valence-corrected chi connectivity index (χ1v) is 6.60. The zero-order valence-corrected chi connectivity index (χ0v) is 10.1. The van der Waals surface area contributed by atoms with Crippen LogP contribution >= 0.6 is 0 Å². The number of fused-ring (bicyclic) bond motifs is 1. The number of hydrogen-bond donors (Lipinski definition) is 2. The third-order valence-electron chi connectivity index (χ3n) is 4.09. The summed E-state index contributed by atoms with van der Waals surface area (Å²) in [6.07, 6.45) is 6.54. The summed E-state index contributed by atoms with van der Waals surface area (Å²) in [6.45, 7) is 1.00. The number of hydrogen-bond acceptors (Lipinski definition) is 2. The van der Waals surface area contributed by atoms with Crippen LogP contribution in [0.25, 0.3) is 0 Å². The van der Waals surface area contributed by atoms with Crippen molar-refractivity contribution in [2.45, 2.75) is 44.6 Å². The molecule has 0 aromatic heterocycles. The Morgan fingerprint density at radius 2 is 1.94 bits per heavy atom. The Balaban J connectivity index is 2.12. The number of halogens is 1. The Hall–Kier alpha value is -1.09. The normalized spacial score (nSPS) is 23.7. The lowest BCUT2D eigenvalue weighted by Gasteiger charge is -2.25. The number of anilines is 1. The largest absolute Gasteiger partial charge is 0.398 e. The highest BCUT2D eigenvalue weighted by Gasteiger charge is 2.26. The first-order valence-electron chi connectivity index (χ1n) is 6.60. The van der Waals surface area contributed by atoms with E-state index in [1.807, 2.05) is 0 Å². The van der Waals surface area contributed by atoms with E-state index in [2.05, 4.69) is 5.32 Å². The summed E-state index contributed by atoms with van der Waals surface area (Å²) >= 11 is 0. The Morgan fingerprint density at radius 3 is 2.65 bits per heavy atom. The molecular weight excluding hydrogens is 215 g/mol. The van der Waals surface area contributed by atoms with E-state index in [0.29, 0.717) is 5.69 Å². The maximum absolute atomic E-state index is 14.2. The minimum Gasteiger partial charge on any atom is -0.398 e. The molecule has 0 saturated carbocycles. The minimum absolute atomic E-state index is 0.109. The van der Waals surface area contributed by atoms with Crippen LogP contribution in [0.3, 0.4) is 0 Å². The zero-order valence-electron chi connectivity index (χ0n) is 10.1. The summed E-state index contributed by atoms with van der Waals surface area (Å²) in [5.41, 5.74) is 9.92. The number of nitrogens with one attached hydrogen (secondary N) is 1. The van der Waals surface area contributed by atoms with E-state index >= 15 is 0 Å². The molecule has 1 fully saturated rings. The van der Waals surface area contributed by atoms with E-state index in [-0.39, 0.29) is 11.9 Å². The second-order valence-electron chi connectivity index (χ2n) is 5.17. The van der Waals surface area contributed by atoms with Crippen LogP contribution in [0.2, 0.25) is 0 Å². The fraction of sp³-hybridized carbons (Fsp3) is 0.571. The van der Waals surface area contributed by atoms with Gasteiger partial charge in [0.2, 0.25) is 0 Å². The van der Waals surface area contributed by atoms with Gasteiger partial charge in [-0.3, -0.25) is 0 Å². The summed E-state index contributed by atoms with van der Waals surface area (Å²) in [7, 11) is 0.